The van der Waals surface area contributed by atoms with Gasteiger partial charge >= 0.3 is 0 Å². The second-order valence-electron chi connectivity index (χ2n) is 6.58. The van der Waals surface area contributed by atoms with Crippen molar-refractivity contribution < 1.29 is 8.42 Å². The van der Waals surface area contributed by atoms with Crippen LogP contribution in [0, 0.1) is 10.8 Å². The van der Waals surface area contributed by atoms with E-state index in [9.17, 15) is 8.42 Å². The van der Waals surface area contributed by atoms with Crippen LogP contribution in [0.2, 0.25) is 0 Å². The SMILES string of the molecule is CC(C)(C)C1(C(C)(C)C)CCS(=O)(=O)N1. The van der Waals surface area contributed by atoms with E-state index in [2.05, 4.69) is 46.3 Å². The van der Waals surface area contributed by atoms with Gasteiger partial charge in [-0.25, -0.2) is 13.1 Å². The zero-order chi connectivity index (χ0) is 12.1. The summed E-state index contributed by atoms with van der Waals surface area (Å²) in [5.41, 5.74) is -0.484. The molecule has 0 aliphatic carbocycles. The molecule has 90 valence electrons. The Morgan fingerprint density at radius 2 is 1.40 bits per heavy atom. The number of rotatable bonds is 0. The van der Waals surface area contributed by atoms with Crippen LogP contribution in [0.15, 0.2) is 0 Å². The van der Waals surface area contributed by atoms with E-state index in [1.807, 2.05) is 0 Å². The molecule has 0 amide bonds. The zero-order valence-corrected chi connectivity index (χ0v) is 11.5. The lowest BCUT2D eigenvalue weighted by atomic mass is 9.59. The monoisotopic (exact) mass is 233 g/mol. The van der Waals surface area contributed by atoms with Crippen LogP contribution in [0.5, 0.6) is 0 Å². The van der Waals surface area contributed by atoms with Crippen molar-refractivity contribution in [3.8, 4) is 0 Å². The van der Waals surface area contributed by atoms with Gasteiger partial charge in [0.05, 0.1) is 5.75 Å². The molecule has 3 nitrogen and oxygen atoms in total. The molecule has 1 aliphatic rings. The van der Waals surface area contributed by atoms with Crippen LogP contribution in [0.1, 0.15) is 48.0 Å². The summed E-state index contributed by atoms with van der Waals surface area (Å²) in [7, 11) is -3.07. The van der Waals surface area contributed by atoms with Crippen LogP contribution in [-0.2, 0) is 10.0 Å². The van der Waals surface area contributed by atoms with Crippen molar-refractivity contribution in [2.45, 2.75) is 53.5 Å². The molecule has 0 atom stereocenters. The largest absolute Gasteiger partial charge is 0.212 e. The second-order valence-corrected chi connectivity index (χ2v) is 8.42. The van der Waals surface area contributed by atoms with Crippen LogP contribution in [0.25, 0.3) is 0 Å². The summed E-state index contributed by atoms with van der Waals surface area (Å²) in [6, 6.07) is 0. The molecule has 1 heterocycles. The van der Waals surface area contributed by atoms with Gasteiger partial charge in [0.2, 0.25) is 10.0 Å². The minimum atomic E-state index is -3.07. The summed E-state index contributed by atoms with van der Waals surface area (Å²) >= 11 is 0. The Labute approximate surface area is 93.7 Å². The third-order valence-electron chi connectivity index (χ3n) is 3.64. The molecule has 0 bridgehead atoms. The first-order valence-corrected chi connectivity index (χ1v) is 7.08. The molecular weight excluding hydrogens is 210 g/mol. The van der Waals surface area contributed by atoms with Gasteiger partial charge in [-0.1, -0.05) is 41.5 Å². The van der Waals surface area contributed by atoms with Gasteiger partial charge in [-0.2, -0.15) is 0 Å². The van der Waals surface area contributed by atoms with Crippen molar-refractivity contribution in [1.29, 1.82) is 0 Å². The fraction of sp³-hybridized carbons (Fsp3) is 1.00. The van der Waals surface area contributed by atoms with Gasteiger partial charge in [0, 0.05) is 5.54 Å². The van der Waals surface area contributed by atoms with Gasteiger partial charge in [0.1, 0.15) is 0 Å². The lowest BCUT2D eigenvalue weighted by Gasteiger charge is -2.50. The van der Waals surface area contributed by atoms with E-state index in [-0.39, 0.29) is 22.1 Å². The van der Waals surface area contributed by atoms with E-state index in [0.29, 0.717) is 6.42 Å². The van der Waals surface area contributed by atoms with Crippen LogP contribution in [0.3, 0.4) is 0 Å². The first-order chi connectivity index (χ1) is 6.41. The molecular formula is C11H23NO2S. The maximum Gasteiger partial charge on any atom is 0.212 e. The lowest BCUT2D eigenvalue weighted by Crippen LogP contribution is -2.60. The van der Waals surface area contributed by atoms with Crippen molar-refractivity contribution >= 4 is 10.0 Å². The Balaban J connectivity index is 3.25. The van der Waals surface area contributed by atoms with Crippen molar-refractivity contribution in [2.75, 3.05) is 5.75 Å². The molecule has 0 aromatic heterocycles. The molecule has 0 saturated carbocycles. The van der Waals surface area contributed by atoms with E-state index in [4.69, 9.17) is 0 Å². The average molecular weight is 233 g/mol. The zero-order valence-electron chi connectivity index (χ0n) is 10.6. The summed E-state index contributed by atoms with van der Waals surface area (Å²) in [4.78, 5) is 0. The summed E-state index contributed by atoms with van der Waals surface area (Å²) in [6.07, 6.45) is 0.697. The Hall–Kier alpha value is -0.0900. The molecule has 0 spiro atoms. The Kier molecular flexibility index (Phi) is 2.77. The summed E-state index contributed by atoms with van der Waals surface area (Å²) in [6.45, 7) is 12.6. The maximum atomic E-state index is 11.6. The van der Waals surface area contributed by atoms with Gasteiger partial charge in [0.25, 0.3) is 0 Å². The van der Waals surface area contributed by atoms with Gasteiger partial charge in [0.15, 0.2) is 0 Å². The fourth-order valence-electron chi connectivity index (χ4n) is 2.84. The highest BCUT2D eigenvalue weighted by atomic mass is 32.2. The van der Waals surface area contributed by atoms with E-state index in [0.717, 1.165) is 0 Å². The van der Waals surface area contributed by atoms with E-state index < -0.39 is 10.0 Å². The Morgan fingerprint density at radius 1 is 1.00 bits per heavy atom. The third-order valence-corrected chi connectivity index (χ3v) is 5.04. The van der Waals surface area contributed by atoms with Crippen LogP contribution in [0.4, 0.5) is 0 Å². The smallest absolute Gasteiger partial charge is 0.212 e. The minimum absolute atomic E-state index is 0.0746. The third kappa shape index (κ3) is 2.07. The number of hydrogen-bond acceptors (Lipinski definition) is 2. The van der Waals surface area contributed by atoms with Gasteiger partial charge in [-0.05, 0) is 17.3 Å². The lowest BCUT2D eigenvalue weighted by molar-refractivity contribution is 0.0485. The first-order valence-electron chi connectivity index (χ1n) is 5.43. The molecule has 0 unspecified atom stereocenters. The summed E-state index contributed by atoms with van der Waals surface area (Å²) in [5.74, 6) is 0.252. The normalized spacial score (nSPS) is 25.5. The van der Waals surface area contributed by atoms with Gasteiger partial charge in [-0.15, -0.1) is 0 Å². The summed E-state index contributed by atoms with van der Waals surface area (Å²) in [5, 5.41) is 0. The molecule has 1 fully saturated rings. The number of sulfonamides is 1. The quantitative estimate of drug-likeness (QED) is 0.697. The van der Waals surface area contributed by atoms with Gasteiger partial charge < -0.3 is 0 Å². The molecule has 1 aliphatic heterocycles. The van der Waals surface area contributed by atoms with Crippen molar-refractivity contribution in [3.63, 3.8) is 0 Å². The number of nitrogens with one attached hydrogen (secondary N) is 1. The highest BCUT2D eigenvalue weighted by Gasteiger charge is 2.56. The van der Waals surface area contributed by atoms with E-state index in [1.54, 1.807) is 0 Å². The summed E-state index contributed by atoms with van der Waals surface area (Å²) < 4.78 is 26.2. The Bertz CT molecular complexity index is 330. The first kappa shape index (κ1) is 13.0. The molecule has 1 saturated heterocycles. The van der Waals surface area contributed by atoms with E-state index in [1.165, 1.54) is 0 Å². The van der Waals surface area contributed by atoms with Crippen molar-refractivity contribution in [1.82, 2.24) is 4.72 Å². The molecule has 0 radical (unpaired) electrons. The van der Waals surface area contributed by atoms with Gasteiger partial charge in [-0.3, -0.25) is 0 Å². The van der Waals surface area contributed by atoms with Crippen LogP contribution < -0.4 is 4.72 Å². The topological polar surface area (TPSA) is 46.2 Å². The van der Waals surface area contributed by atoms with Crippen LogP contribution >= 0.6 is 0 Å². The molecule has 1 N–H and O–H groups in total. The second kappa shape index (κ2) is 3.20. The highest BCUT2D eigenvalue weighted by Crippen LogP contribution is 2.49. The van der Waals surface area contributed by atoms with Crippen molar-refractivity contribution in [3.05, 3.63) is 0 Å². The molecule has 0 aromatic rings. The van der Waals surface area contributed by atoms with Crippen LogP contribution in [-0.4, -0.2) is 19.7 Å². The predicted octanol–water partition coefficient (Wildman–Crippen LogP) is 2.14. The predicted molar refractivity (Wildman–Crippen MR) is 63.2 cm³/mol. The molecule has 1 rings (SSSR count). The standard InChI is InChI=1S/C11H23NO2S/c1-9(2,3)11(10(4,5)6)7-8-15(13,14)12-11/h12H,7-8H2,1-6H3. The Morgan fingerprint density at radius 3 is 1.53 bits per heavy atom. The highest BCUT2D eigenvalue weighted by molar-refractivity contribution is 7.89. The molecule has 4 heteroatoms. The molecule has 0 aromatic carbocycles. The fourth-order valence-corrected chi connectivity index (χ4v) is 4.76. The average Bonchev–Trinajstić information content (AvgIpc) is 2.23. The molecule has 15 heavy (non-hydrogen) atoms. The van der Waals surface area contributed by atoms with E-state index >= 15 is 0 Å². The minimum Gasteiger partial charge on any atom is -0.212 e. The maximum absolute atomic E-state index is 11.6. The number of hydrogen-bond donors (Lipinski definition) is 1. The van der Waals surface area contributed by atoms with Crippen molar-refractivity contribution in [2.24, 2.45) is 10.8 Å².